The van der Waals surface area contributed by atoms with Crippen molar-refractivity contribution in [2.45, 2.75) is 33.4 Å². The first-order chi connectivity index (χ1) is 4.61. The number of hydrogen-bond donors (Lipinski definition) is 0. The van der Waals surface area contributed by atoms with E-state index in [2.05, 4.69) is 33.0 Å². The first-order valence-corrected chi connectivity index (χ1v) is 6.86. The molecule has 0 aliphatic heterocycles. The first kappa shape index (κ1) is 11.6. The summed E-state index contributed by atoms with van der Waals surface area (Å²) in [5.74, 6) is 0. The summed E-state index contributed by atoms with van der Waals surface area (Å²) in [6.07, 6.45) is 3.61. The van der Waals surface area contributed by atoms with Gasteiger partial charge in [0, 0.05) is 25.8 Å². The predicted octanol–water partition coefficient (Wildman–Crippen LogP) is 2.68. The fourth-order valence-corrected chi connectivity index (χ4v) is 3.34. The molecule has 0 saturated heterocycles. The van der Waals surface area contributed by atoms with E-state index in [0.29, 0.717) is 0 Å². The van der Waals surface area contributed by atoms with Gasteiger partial charge in [0.2, 0.25) is 0 Å². The predicted molar refractivity (Wildman–Crippen MR) is 50.0 cm³/mol. The Kier molecular flexibility index (Phi) is 4.79. The van der Waals surface area contributed by atoms with Crippen molar-refractivity contribution < 1.29 is 25.8 Å². The van der Waals surface area contributed by atoms with E-state index >= 15 is 0 Å². The topological polar surface area (TPSA) is 0 Å². The van der Waals surface area contributed by atoms with E-state index in [-0.39, 0.29) is 25.8 Å². The summed E-state index contributed by atoms with van der Waals surface area (Å²) >= 11 is 0. The van der Waals surface area contributed by atoms with Crippen LogP contribution in [0.4, 0.5) is 0 Å². The molecule has 2 heteroatoms. The third-order valence-electron chi connectivity index (χ3n) is 2.14. The standard InChI is InChI=1S/C9H16Si.Hf/c1-7-5-8(2)9(6-7)10(3)4;/h5,10H,6H2,1-4H3;. The van der Waals surface area contributed by atoms with Crippen molar-refractivity contribution in [1.82, 2.24) is 0 Å². The minimum atomic E-state index is -0.492. The summed E-state index contributed by atoms with van der Waals surface area (Å²) in [4.78, 5) is 0. The van der Waals surface area contributed by atoms with Crippen molar-refractivity contribution in [3.63, 3.8) is 0 Å². The van der Waals surface area contributed by atoms with Gasteiger partial charge in [-0.15, -0.1) is 0 Å². The maximum atomic E-state index is 2.41. The van der Waals surface area contributed by atoms with Crippen LogP contribution in [0, 0.1) is 0 Å². The molecule has 0 heterocycles. The second-order valence-corrected chi connectivity index (χ2v) is 6.54. The fraction of sp³-hybridized carbons (Fsp3) is 0.556. The zero-order valence-electron chi connectivity index (χ0n) is 7.86. The van der Waals surface area contributed by atoms with Crippen LogP contribution in [0.5, 0.6) is 0 Å². The third-order valence-corrected chi connectivity index (χ3v) is 4.19. The van der Waals surface area contributed by atoms with Crippen LogP contribution in [0.2, 0.25) is 13.1 Å². The van der Waals surface area contributed by atoms with Crippen molar-refractivity contribution in [3.8, 4) is 0 Å². The molecule has 0 fully saturated rings. The Labute approximate surface area is 90.2 Å². The van der Waals surface area contributed by atoms with Gasteiger partial charge in [-0.25, -0.2) is 0 Å². The van der Waals surface area contributed by atoms with Gasteiger partial charge in [0.15, 0.2) is 0 Å². The van der Waals surface area contributed by atoms with E-state index in [1.807, 2.05) is 0 Å². The second kappa shape index (κ2) is 4.56. The first-order valence-electron chi connectivity index (χ1n) is 3.98. The molecule has 0 aromatic carbocycles. The van der Waals surface area contributed by atoms with Gasteiger partial charge in [-0.05, 0) is 20.3 Å². The van der Waals surface area contributed by atoms with Gasteiger partial charge < -0.3 is 0 Å². The fourth-order valence-electron chi connectivity index (χ4n) is 1.61. The van der Waals surface area contributed by atoms with Crippen LogP contribution in [0.3, 0.4) is 0 Å². The summed E-state index contributed by atoms with van der Waals surface area (Å²) < 4.78 is 0. The summed E-state index contributed by atoms with van der Waals surface area (Å²) in [5, 5.41) is 1.76. The van der Waals surface area contributed by atoms with Gasteiger partial charge in [0.1, 0.15) is 0 Å². The average Bonchev–Trinajstić information content (AvgIpc) is 2.10. The molecule has 0 bridgehead atoms. The Morgan fingerprint density at radius 2 is 1.82 bits per heavy atom. The third kappa shape index (κ3) is 2.83. The Bertz CT molecular complexity index is 202. The Balaban J connectivity index is 0.000001000. The quantitative estimate of drug-likeness (QED) is 0.649. The molecule has 0 unspecified atom stereocenters. The monoisotopic (exact) mass is 332 g/mol. The molecule has 0 atom stereocenters. The van der Waals surface area contributed by atoms with Crippen molar-refractivity contribution in [1.29, 1.82) is 0 Å². The van der Waals surface area contributed by atoms with Crippen LogP contribution in [0.25, 0.3) is 0 Å². The number of rotatable bonds is 1. The van der Waals surface area contributed by atoms with Crippen molar-refractivity contribution in [3.05, 3.63) is 22.4 Å². The van der Waals surface area contributed by atoms with E-state index in [4.69, 9.17) is 0 Å². The summed E-state index contributed by atoms with van der Waals surface area (Å²) in [5.41, 5.74) is 3.10. The summed E-state index contributed by atoms with van der Waals surface area (Å²) in [6, 6.07) is 0. The van der Waals surface area contributed by atoms with Crippen molar-refractivity contribution in [2.75, 3.05) is 0 Å². The van der Waals surface area contributed by atoms with Gasteiger partial charge in [-0.2, -0.15) is 0 Å². The second-order valence-electron chi connectivity index (χ2n) is 3.53. The smallest absolute Gasteiger partial charge is 0.0603 e. The molecule has 11 heavy (non-hydrogen) atoms. The van der Waals surface area contributed by atoms with E-state index in [9.17, 15) is 0 Å². The summed E-state index contributed by atoms with van der Waals surface area (Å²) in [6.45, 7) is 9.29. The van der Waals surface area contributed by atoms with Gasteiger partial charge in [0.25, 0.3) is 0 Å². The van der Waals surface area contributed by atoms with Crippen LogP contribution >= 0.6 is 0 Å². The molecule has 1 aliphatic carbocycles. The largest absolute Gasteiger partial charge is 0.0778 e. The van der Waals surface area contributed by atoms with Crippen LogP contribution in [0.1, 0.15) is 20.3 Å². The van der Waals surface area contributed by atoms with E-state index in [1.165, 1.54) is 6.42 Å². The van der Waals surface area contributed by atoms with Crippen LogP contribution < -0.4 is 0 Å². The molecular formula is C9H16HfSi. The SMILES string of the molecule is CC1=CC(C)=C([SiH](C)C)C1.[Hf]. The molecule has 60 valence electrons. The van der Waals surface area contributed by atoms with E-state index in [1.54, 1.807) is 16.3 Å². The number of allylic oxidation sites excluding steroid dienone is 4. The van der Waals surface area contributed by atoms with Crippen LogP contribution in [-0.2, 0) is 25.8 Å². The minimum absolute atomic E-state index is 0. The Hall–Kier alpha value is 0.567. The zero-order chi connectivity index (χ0) is 7.72. The van der Waals surface area contributed by atoms with Crippen molar-refractivity contribution in [2.24, 2.45) is 0 Å². The molecule has 0 spiro atoms. The maximum Gasteiger partial charge on any atom is 0.0603 e. The van der Waals surface area contributed by atoms with E-state index < -0.39 is 8.80 Å². The van der Waals surface area contributed by atoms with E-state index in [0.717, 1.165) is 0 Å². The average molecular weight is 331 g/mol. The van der Waals surface area contributed by atoms with Crippen molar-refractivity contribution >= 4 is 8.80 Å². The Morgan fingerprint density at radius 3 is 2.00 bits per heavy atom. The molecule has 0 amide bonds. The van der Waals surface area contributed by atoms with Crippen LogP contribution in [-0.4, -0.2) is 8.80 Å². The molecule has 0 aromatic rings. The summed E-state index contributed by atoms with van der Waals surface area (Å²) in [7, 11) is -0.492. The maximum absolute atomic E-state index is 2.41. The normalized spacial score (nSPS) is 17.0. The Morgan fingerprint density at radius 1 is 1.27 bits per heavy atom. The molecule has 0 nitrogen and oxygen atoms in total. The van der Waals surface area contributed by atoms with Gasteiger partial charge in [-0.3, -0.25) is 0 Å². The van der Waals surface area contributed by atoms with Gasteiger partial charge in [0.05, 0.1) is 8.80 Å². The zero-order valence-corrected chi connectivity index (χ0v) is 12.6. The van der Waals surface area contributed by atoms with Crippen LogP contribution in [0.15, 0.2) is 22.4 Å². The molecule has 1 aliphatic rings. The number of hydrogen-bond acceptors (Lipinski definition) is 0. The minimum Gasteiger partial charge on any atom is -0.0778 e. The molecular weight excluding hydrogens is 315 g/mol. The molecule has 0 N–H and O–H groups in total. The molecule has 0 aromatic heterocycles. The molecule has 0 saturated carbocycles. The molecule has 0 radical (unpaired) electrons. The van der Waals surface area contributed by atoms with Gasteiger partial charge in [-0.1, -0.05) is 35.5 Å². The molecule has 1 rings (SSSR count). The van der Waals surface area contributed by atoms with Gasteiger partial charge >= 0.3 is 0 Å².